The molecule has 0 spiro atoms. The van der Waals surface area contributed by atoms with Crippen LogP contribution in [0.3, 0.4) is 0 Å². The summed E-state index contributed by atoms with van der Waals surface area (Å²) in [4.78, 5) is 27.7. The van der Waals surface area contributed by atoms with Crippen LogP contribution >= 0.6 is 0 Å². The summed E-state index contributed by atoms with van der Waals surface area (Å²) in [6.07, 6.45) is -0.0575. The van der Waals surface area contributed by atoms with Gasteiger partial charge in [0.05, 0.1) is 30.4 Å². The van der Waals surface area contributed by atoms with Gasteiger partial charge in [-0.1, -0.05) is 5.16 Å². The molecule has 3 aromatic heterocycles. The molecule has 1 aliphatic rings. The maximum absolute atomic E-state index is 13.4. The number of carbonyl (C=O) groups is 2. The van der Waals surface area contributed by atoms with Gasteiger partial charge in [-0.2, -0.15) is 10.4 Å². The highest BCUT2D eigenvalue weighted by molar-refractivity contribution is 6.06. The van der Waals surface area contributed by atoms with Crippen LogP contribution in [0.2, 0.25) is 0 Å². The second-order valence-corrected chi connectivity index (χ2v) is 8.59. The molecule has 37 heavy (non-hydrogen) atoms. The van der Waals surface area contributed by atoms with Crippen LogP contribution < -0.4 is 16.0 Å². The molecular formula is C23H21N9O5. The molecule has 14 nitrogen and oxygen atoms in total. The molecule has 2 atom stereocenters. The second kappa shape index (κ2) is 8.97. The fourth-order valence-corrected chi connectivity index (χ4v) is 4.00. The number of aromatic nitrogens is 5. The van der Waals surface area contributed by atoms with Crippen LogP contribution in [0.1, 0.15) is 18.3 Å². The molecule has 0 bridgehead atoms. The number of nitrogen functional groups attached to an aromatic ring is 1. The zero-order valence-electron chi connectivity index (χ0n) is 19.7. The first-order chi connectivity index (χ1) is 17.7. The van der Waals surface area contributed by atoms with Gasteiger partial charge in [0.25, 0.3) is 11.8 Å². The van der Waals surface area contributed by atoms with Gasteiger partial charge in [0.15, 0.2) is 34.6 Å². The van der Waals surface area contributed by atoms with E-state index in [0.29, 0.717) is 28.0 Å². The van der Waals surface area contributed by atoms with Gasteiger partial charge in [-0.3, -0.25) is 14.5 Å². The van der Waals surface area contributed by atoms with E-state index in [1.54, 1.807) is 25.1 Å². The summed E-state index contributed by atoms with van der Waals surface area (Å²) in [6.45, 7) is 3.19. The topological polar surface area (TPSA) is 198 Å². The van der Waals surface area contributed by atoms with Crippen molar-refractivity contribution in [2.45, 2.75) is 25.6 Å². The van der Waals surface area contributed by atoms with Gasteiger partial charge in [0.1, 0.15) is 6.07 Å². The molecule has 1 saturated heterocycles. The summed E-state index contributed by atoms with van der Waals surface area (Å²) in [7, 11) is 0. The maximum Gasteiger partial charge on any atom is 0.260 e. The minimum absolute atomic E-state index is 0.0600. The quantitative estimate of drug-likeness (QED) is 0.346. The van der Waals surface area contributed by atoms with Crippen LogP contribution in [0.4, 0.5) is 17.3 Å². The minimum atomic E-state index is -2.22. The molecule has 0 saturated carbocycles. The van der Waals surface area contributed by atoms with Crippen molar-refractivity contribution >= 4 is 40.1 Å². The molecule has 4 aromatic rings. The average Bonchev–Trinajstić information content (AvgIpc) is 3.46. The fraction of sp³-hybridized carbons (Fsp3) is 0.261. The number of ether oxygens (including phenoxy) is 1. The highest BCUT2D eigenvalue weighted by Gasteiger charge is 2.49. The molecule has 0 aliphatic carbocycles. The Kier molecular flexibility index (Phi) is 5.78. The largest absolute Gasteiger partial charge is 0.380 e. The second-order valence-electron chi connectivity index (χ2n) is 8.59. The van der Waals surface area contributed by atoms with Crippen molar-refractivity contribution in [3.8, 4) is 11.8 Å². The highest BCUT2D eigenvalue weighted by atomic mass is 16.5. The molecule has 0 radical (unpaired) electrons. The Hall–Kier alpha value is -4.87. The van der Waals surface area contributed by atoms with E-state index in [-0.39, 0.29) is 30.5 Å². The summed E-state index contributed by atoms with van der Waals surface area (Å²) >= 11 is 0. The van der Waals surface area contributed by atoms with Crippen molar-refractivity contribution in [1.82, 2.24) is 25.1 Å². The van der Waals surface area contributed by atoms with Gasteiger partial charge < -0.3 is 25.4 Å². The number of benzene rings is 1. The van der Waals surface area contributed by atoms with Crippen LogP contribution in [0, 0.1) is 18.3 Å². The third kappa shape index (κ3) is 4.22. The molecule has 1 aliphatic heterocycles. The lowest BCUT2D eigenvalue weighted by atomic mass is 9.95. The van der Waals surface area contributed by atoms with Crippen LogP contribution in [-0.2, 0) is 14.3 Å². The summed E-state index contributed by atoms with van der Waals surface area (Å²) in [6, 6.07) is 9.79. The number of morpholine rings is 1. The molecule has 1 aromatic carbocycles. The summed E-state index contributed by atoms with van der Waals surface area (Å²) in [5.41, 5.74) is 5.42. The number of carbonyl (C=O) groups excluding carboxylic acids is 2. The molecule has 4 N–H and O–H groups in total. The number of nitriles is 1. The molecule has 14 heteroatoms. The Morgan fingerprint density at radius 3 is 2.95 bits per heavy atom. The van der Waals surface area contributed by atoms with Gasteiger partial charge in [0.2, 0.25) is 0 Å². The highest BCUT2D eigenvalue weighted by Crippen LogP contribution is 2.28. The van der Waals surface area contributed by atoms with E-state index in [2.05, 4.69) is 25.8 Å². The number of nitrogens with two attached hydrogens (primary N) is 1. The predicted molar refractivity (Wildman–Crippen MR) is 128 cm³/mol. The zero-order chi connectivity index (χ0) is 26.3. The molecule has 5 rings (SSSR count). The van der Waals surface area contributed by atoms with E-state index < -0.39 is 23.5 Å². The van der Waals surface area contributed by atoms with Crippen molar-refractivity contribution in [1.29, 1.82) is 5.26 Å². The van der Waals surface area contributed by atoms with Crippen LogP contribution in [-0.4, -0.2) is 66.9 Å². The van der Waals surface area contributed by atoms with Crippen LogP contribution in [0.15, 0.2) is 41.1 Å². The predicted octanol–water partition coefficient (Wildman–Crippen LogP) is 0.687. The average molecular weight is 503 g/mol. The van der Waals surface area contributed by atoms with Crippen molar-refractivity contribution in [3.05, 3.63) is 47.9 Å². The molecule has 0 unspecified atom stereocenters. The Bertz CT molecular complexity index is 1570. The minimum Gasteiger partial charge on any atom is -0.380 e. The van der Waals surface area contributed by atoms with E-state index in [1.807, 2.05) is 6.07 Å². The van der Waals surface area contributed by atoms with Crippen molar-refractivity contribution in [2.75, 3.05) is 29.1 Å². The van der Waals surface area contributed by atoms with Crippen molar-refractivity contribution < 1.29 is 24.0 Å². The number of anilines is 3. The zero-order valence-corrected chi connectivity index (χ0v) is 19.7. The van der Waals surface area contributed by atoms with Gasteiger partial charge >= 0.3 is 0 Å². The van der Waals surface area contributed by atoms with E-state index in [9.17, 15) is 14.7 Å². The standard InChI is InChI=1S/C23H21N9O5/c1-12-7-18(29-32(12)15-8-14(10-24)28-26-11-15)31-5-6-36-19(21(31)33)23(2,35)22(34)27-13-3-4-16-17(9-13)37-30-20(16)25/h3-4,7-9,11,19,35H,5-6H2,1-2H3,(H2,25,30)(H,27,34)/t19-,23-/m0/s1. The number of hydrogen-bond acceptors (Lipinski definition) is 11. The summed E-state index contributed by atoms with van der Waals surface area (Å²) < 4.78 is 12.2. The van der Waals surface area contributed by atoms with Crippen LogP contribution in [0.5, 0.6) is 0 Å². The molecule has 188 valence electrons. The molecular weight excluding hydrogens is 482 g/mol. The van der Waals surface area contributed by atoms with Gasteiger partial charge in [-0.25, -0.2) is 4.68 Å². The Morgan fingerprint density at radius 1 is 1.35 bits per heavy atom. The third-order valence-electron chi connectivity index (χ3n) is 5.97. The van der Waals surface area contributed by atoms with Crippen molar-refractivity contribution in [3.63, 3.8) is 0 Å². The first kappa shape index (κ1) is 23.9. The van der Waals surface area contributed by atoms with Gasteiger partial charge in [-0.05, 0) is 26.0 Å². The number of aliphatic hydroxyl groups is 1. The number of fused-ring (bicyclic) bond motifs is 1. The number of aryl methyl sites for hydroxylation is 1. The molecule has 2 amide bonds. The van der Waals surface area contributed by atoms with Crippen molar-refractivity contribution in [2.24, 2.45) is 0 Å². The van der Waals surface area contributed by atoms with E-state index in [0.717, 1.165) is 0 Å². The summed E-state index contributed by atoms with van der Waals surface area (Å²) in [5.74, 6) is -0.992. The van der Waals surface area contributed by atoms with E-state index >= 15 is 0 Å². The van der Waals surface area contributed by atoms with E-state index in [4.69, 9.17) is 20.3 Å². The monoisotopic (exact) mass is 503 g/mol. The normalized spacial score (nSPS) is 17.4. The third-order valence-corrected chi connectivity index (χ3v) is 5.97. The molecule has 1 fully saturated rings. The van der Waals surface area contributed by atoms with E-state index in [1.165, 1.54) is 34.8 Å². The number of nitrogens with zero attached hydrogens (tertiary/aromatic N) is 7. The number of nitrogens with one attached hydrogen (secondary N) is 1. The first-order valence-corrected chi connectivity index (χ1v) is 11.1. The smallest absolute Gasteiger partial charge is 0.260 e. The molecule has 4 heterocycles. The Labute approximate surface area is 209 Å². The lowest BCUT2D eigenvalue weighted by molar-refractivity contribution is -0.165. The fourth-order valence-electron chi connectivity index (χ4n) is 4.00. The van der Waals surface area contributed by atoms with Gasteiger partial charge in [0, 0.05) is 29.6 Å². The maximum atomic E-state index is 13.4. The van der Waals surface area contributed by atoms with Crippen LogP contribution in [0.25, 0.3) is 16.7 Å². The first-order valence-electron chi connectivity index (χ1n) is 11.1. The SMILES string of the molecule is Cc1cc(N2CCO[C@H]([C@](C)(O)C(=O)Nc3ccc4c(N)noc4c3)C2=O)nn1-c1cnnc(C#N)c1. The summed E-state index contributed by atoms with van der Waals surface area (Å²) in [5, 5.41) is 39.0. The number of amides is 2. The number of rotatable bonds is 5. The van der Waals surface area contributed by atoms with Gasteiger partial charge in [-0.15, -0.1) is 10.2 Å². The Balaban J connectivity index is 1.37. The lowest BCUT2D eigenvalue weighted by Gasteiger charge is -2.37. The lowest BCUT2D eigenvalue weighted by Crippen LogP contribution is -2.61. The Morgan fingerprint density at radius 2 is 2.16 bits per heavy atom. The number of hydrogen-bond donors (Lipinski definition) is 3.